The molecule has 112 valence electrons. The number of rotatable bonds is 9. The van der Waals surface area contributed by atoms with Crippen LogP contribution in [0.3, 0.4) is 0 Å². The molecule has 8 heteroatoms. The van der Waals surface area contributed by atoms with E-state index in [9.17, 15) is 13.2 Å². The molecule has 0 aliphatic heterocycles. The first kappa shape index (κ1) is 16.4. The number of carboxylic acid groups (broad SMARTS) is 1. The number of aliphatic carboxylic acids is 1. The molecule has 1 aliphatic carbocycles. The first-order chi connectivity index (χ1) is 8.88. The highest BCUT2D eigenvalue weighted by molar-refractivity contribution is 7.89. The van der Waals surface area contributed by atoms with E-state index in [0.717, 1.165) is 0 Å². The average molecular weight is 294 g/mol. The molecule has 0 atom stereocenters. The Labute approximate surface area is 114 Å². The Morgan fingerprint density at radius 1 is 1.47 bits per heavy atom. The summed E-state index contributed by atoms with van der Waals surface area (Å²) in [7, 11) is -1.83. The standard InChI is InChI=1S/C11H22N2O5S/c1-3-13(8-11(14)15)10-6-9(7-10)12-19(16,17)5-4-18-2/h9-10,12H,3-8H2,1-2H3,(H,14,15). The van der Waals surface area contributed by atoms with E-state index >= 15 is 0 Å². The van der Waals surface area contributed by atoms with Crippen LogP contribution in [0.15, 0.2) is 0 Å². The molecule has 0 aromatic rings. The van der Waals surface area contributed by atoms with Crippen molar-refractivity contribution < 1.29 is 23.1 Å². The molecule has 0 bridgehead atoms. The molecular formula is C11H22N2O5S. The number of hydrogen-bond donors (Lipinski definition) is 2. The number of ether oxygens (including phenoxy) is 1. The first-order valence-electron chi connectivity index (χ1n) is 6.32. The molecule has 1 aliphatic rings. The normalized spacial score (nSPS) is 23.3. The quantitative estimate of drug-likeness (QED) is 0.594. The fourth-order valence-electron chi connectivity index (χ4n) is 2.16. The van der Waals surface area contributed by atoms with Crippen molar-refractivity contribution in [3.8, 4) is 0 Å². The minimum atomic E-state index is -3.29. The average Bonchev–Trinajstić information content (AvgIpc) is 2.28. The van der Waals surface area contributed by atoms with Gasteiger partial charge in [-0.15, -0.1) is 0 Å². The van der Waals surface area contributed by atoms with Crippen molar-refractivity contribution in [3.05, 3.63) is 0 Å². The summed E-state index contributed by atoms with van der Waals surface area (Å²) in [4.78, 5) is 12.5. The van der Waals surface area contributed by atoms with Gasteiger partial charge in [-0.25, -0.2) is 13.1 Å². The summed E-state index contributed by atoms with van der Waals surface area (Å²) in [5, 5.41) is 8.77. The lowest BCUT2D eigenvalue weighted by Crippen LogP contribution is -2.55. The van der Waals surface area contributed by atoms with Crippen molar-refractivity contribution >= 4 is 16.0 Å². The third kappa shape index (κ3) is 5.43. The smallest absolute Gasteiger partial charge is 0.317 e. The maximum atomic E-state index is 11.6. The van der Waals surface area contributed by atoms with E-state index in [1.807, 2.05) is 11.8 Å². The minimum absolute atomic E-state index is 0.00428. The van der Waals surface area contributed by atoms with Crippen LogP contribution in [0.2, 0.25) is 0 Å². The zero-order valence-electron chi connectivity index (χ0n) is 11.3. The summed E-state index contributed by atoms with van der Waals surface area (Å²) in [6.07, 6.45) is 1.32. The molecular weight excluding hydrogens is 272 g/mol. The van der Waals surface area contributed by atoms with Crippen molar-refractivity contribution in [2.75, 3.05) is 32.6 Å². The third-order valence-electron chi connectivity index (χ3n) is 3.28. The Balaban J connectivity index is 2.34. The highest BCUT2D eigenvalue weighted by atomic mass is 32.2. The largest absolute Gasteiger partial charge is 0.480 e. The van der Waals surface area contributed by atoms with Gasteiger partial charge in [0, 0.05) is 19.2 Å². The van der Waals surface area contributed by atoms with Crippen molar-refractivity contribution in [2.24, 2.45) is 0 Å². The number of sulfonamides is 1. The topological polar surface area (TPSA) is 95.9 Å². The van der Waals surface area contributed by atoms with Crippen molar-refractivity contribution in [1.82, 2.24) is 9.62 Å². The SMILES string of the molecule is CCN(CC(=O)O)C1CC(NS(=O)(=O)CCOC)C1. The number of methoxy groups -OCH3 is 1. The van der Waals surface area contributed by atoms with Gasteiger partial charge in [-0.3, -0.25) is 9.69 Å². The third-order valence-corrected chi connectivity index (χ3v) is 4.67. The monoisotopic (exact) mass is 294 g/mol. The van der Waals surface area contributed by atoms with Gasteiger partial charge >= 0.3 is 5.97 Å². The molecule has 1 fully saturated rings. The van der Waals surface area contributed by atoms with Gasteiger partial charge in [0.05, 0.1) is 18.9 Å². The van der Waals surface area contributed by atoms with E-state index in [4.69, 9.17) is 9.84 Å². The van der Waals surface area contributed by atoms with E-state index in [0.29, 0.717) is 19.4 Å². The highest BCUT2D eigenvalue weighted by Crippen LogP contribution is 2.26. The second-order valence-corrected chi connectivity index (χ2v) is 6.58. The van der Waals surface area contributed by atoms with E-state index in [-0.39, 0.29) is 31.0 Å². The maximum Gasteiger partial charge on any atom is 0.317 e. The molecule has 0 heterocycles. The Morgan fingerprint density at radius 3 is 2.58 bits per heavy atom. The predicted molar refractivity (Wildman–Crippen MR) is 70.5 cm³/mol. The molecule has 0 saturated heterocycles. The zero-order valence-corrected chi connectivity index (χ0v) is 12.1. The van der Waals surface area contributed by atoms with Gasteiger partial charge in [0.2, 0.25) is 10.0 Å². The van der Waals surface area contributed by atoms with E-state index in [2.05, 4.69) is 4.72 Å². The Bertz CT molecular complexity index is 392. The minimum Gasteiger partial charge on any atom is -0.480 e. The summed E-state index contributed by atoms with van der Waals surface area (Å²) in [6.45, 7) is 2.73. The van der Waals surface area contributed by atoms with Crippen LogP contribution in [0, 0.1) is 0 Å². The summed E-state index contributed by atoms with van der Waals surface area (Å²) in [5.41, 5.74) is 0. The van der Waals surface area contributed by atoms with Crippen molar-refractivity contribution in [1.29, 1.82) is 0 Å². The van der Waals surface area contributed by atoms with Gasteiger partial charge in [-0.05, 0) is 19.4 Å². The second-order valence-electron chi connectivity index (χ2n) is 4.71. The summed E-state index contributed by atoms with van der Waals surface area (Å²) < 4.78 is 30.6. The van der Waals surface area contributed by atoms with Gasteiger partial charge in [0.25, 0.3) is 0 Å². The first-order valence-corrected chi connectivity index (χ1v) is 7.98. The van der Waals surface area contributed by atoms with Gasteiger partial charge in [0.15, 0.2) is 0 Å². The number of carboxylic acids is 1. The zero-order chi connectivity index (χ0) is 14.5. The Morgan fingerprint density at radius 2 is 2.11 bits per heavy atom. The van der Waals surface area contributed by atoms with Crippen molar-refractivity contribution in [2.45, 2.75) is 31.8 Å². The van der Waals surface area contributed by atoms with Crippen LogP contribution in [0.25, 0.3) is 0 Å². The molecule has 1 saturated carbocycles. The second kappa shape index (κ2) is 7.18. The summed E-state index contributed by atoms with van der Waals surface area (Å²) >= 11 is 0. The van der Waals surface area contributed by atoms with Gasteiger partial charge in [-0.1, -0.05) is 6.92 Å². The number of nitrogens with zero attached hydrogens (tertiary/aromatic N) is 1. The molecule has 19 heavy (non-hydrogen) atoms. The maximum absolute atomic E-state index is 11.6. The number of likely N-dealkylation sites (N-methyl/N-ethyl adjacent to an activating group) is 1. The molecule has 2 N–H and O–H groups in total. The van der Waals surface area contributed by atoms with Crippen LogP contribution < -0.4 is 4.72 Å². The number of carbonyl (C=O) groups is 1. The lowest BCUT2D eigenvalue weighted by Gasteiger charge is -2.42. The molecule has 0 amide bonds. The fraction of sp³-hybridized carbons (Fsp3) is 0.909. The molecule has 0 aromatic heterocycles. The van der Waals surface area contributed by atoms with E-state index < -0.39 is 16.0 Å². The summed E-state index contributed by atoms with van der Waals surface area (Å²) in [6, 6.07) is 0.0610. The summed E-state index contributed by atoms with van der Waals surface area (Å²) in [5.74, 6) is -0.900. The predicted octanol–water partition coefficient (Wildman–Crippen LogP) is -0.510. The molecule has 0 spiro atoms. The number of hydrogen-bond acceptors (Lipinski definition) is 5. The molecule has 7 nitrogen and oxygen atoms in total. The highest BCUT2D eigenvalue weighted by Gasteiger charge is 2.35. The fourth-order valence-corrected chi connectivity index (χ4v) is 3.37. The Hall–Kier alpha value is -0.700. The van der Waals surface area contributed by atoms with Gasteiger partial charge < -0.3 is 9.84 Å². The van der Waals surface area contributed by atoms with Gasteiger partial charge in [-0.2, -0.15) is 0 Å². The number of nitrogens with one attached hydrogen (secondary N) is 1. The molecule has 0 unspecified atom stereocenters. The molecule has 0 radical (unpaired) electrons. The van der Waals surface area contributed by atoms with Crippen molar-refractivity contribution in [3.63, 3.8) is 0 Å². The van der Waals surface area contributed by atoms with Crippen LogP contribution in [0.4, 0.5) is 0 Å². The van der Waals surface area contributed by atoms with Crippen LogP contribution >= 0.6 is 0 Å². The van der Waals surface area contributed by atoms with Crippen LogP contribution in [0.1, 0.15) is 19.8 Å². The van der Waals surface area contributed by atoms with E-state index in [1.165, 1.54) is 7.11 Å². The Kier molecular flexibility index (Phi) is 6.18. The van der Waals surface area contributed by atoms with E-state index in [1.54, 1.807) is 0 Å². The lowest BCUT2D eigenvalue weighted by molar-refractivity contribution is -0.139. The molecule has 0 aromatic carbocycles. The van der Waals surface area contributed by atoms with Gasteiger partial charge in [0.1, 0.15) is 0 Å². The van der Waals surface area contributed by atoms with Crippen LogP contribution in [-0.2, 0) is 19.6 Å². The van der Waals surface area contributed by atoms with Crippen LogP contribution in [-0.4, -0.2) is 69.0 Å². The lowest BCUT2D eigenvalue weighted by atomic mass is 9.86. The van der Waals surface area contributed by atoms with Crippen LogP contribution in [0.5, 0.6) is 0 Å². The molecule has 1 rings (SSSR count).